The van der Waals surface area contributed by atoms with Gasteiger partial charge in [0.05, 0.1) is 6.61 Å². The molecular weight excluding hydrogens is 288 g/mol. The summed E-state index contributed by atoms with van der Waals surface area (Å²) < 4.78 is 5.50. The lowest BCUT2D eigenvalue weighted by atomic mass is 9.95. The van der Waals surface area contributed by atoms with Crippen LogP contribution in [0.1, 0.15) is 43.4 Å². The minimum atomic E-state index is 0.268. The molecule has 23 heavy (non-hydrogen) atoms. The zero-order chi connectivity index (χ0) is 16.1. The molecule has 0 amide bonds. The van der Waals surface area contributed by atoms with Crippen LogP contribution in [0.2, 0.25) is 0 Å². The van der Waals surface area contributed by atoms with Gasteiger partial charge in [-0.25, -0.2) is 0 Å². The van der Waals surface area contributed by atoms with Crippen LogP contribution in [0.25, 0.3) is 0 Å². The molecule has 1 aromatic heterocycles. The Hall–Kier alpha value is -2.07. The van der Waals surface area contributed by atoms with Gasteiger partial charge in [0.25, 0.3) is 0 Å². The molecule has 2 heterocycles. The van der Waals surface area contributed by atoms with Crippen LogP contribution in [0.15, 0.2) is 42.7 Å². The van der Waals surface area contributed by atoms with Crippen LogP contribution >= 0.6 is 0 Å². The van der Waals surface area contributed by atoms with Gasteiger partial charge >= 0.3 is 0 Å². The first-order valence-corrected chi connectivity index (χ1v) is 8.37. The molecule has 1 saturated heterocycles. The van der Waals surface area contributed by atoms with Crippen molar-refractivity contribution < 1.29 is 9.84 Å². The van der Waals surface area contributed by atoms with E-state index in [1.165, 1.54) is 18.4 Å². The first kappa shape index (κ1) is 15.8. The second kappa shape index (κ2) is 7.47. The smallest absolute Gasteiger partial charge is 0.162 e. The summed E-state index contributed by atoms with van der Waals surface area (Å²) in [5, 5.41) is 10.4. The molecule has 122 valence electrons. The van der Waals surface area contributed by atoms with Crippen molar-refractivity contribution in [1.29, 1.82) is 0 Å². The largest absolute Gasteiger partial charge is 0.504 e. The third kappa shape index (κ3) is 3.64. The molecule has 1 aliphatic rings. The van der Waals surface area contributed by atoms with E-state index >= 15 is 0 Å². The van der Waals surface area contributed by atoms with Crippen LogP contribution in [-0.4, -0.2) is 28.1 Å². The van der Waals surface area contributed by atoms with Crippen LogP contribution in [0, 0.1) is 0 Å². The number of hydrogen-bond acceptors (Lipinski definition) is 4. The maximum Gasteiger partial charge on any atom is 0.162 e. The number of rotatable bonds is 5. The number of likely N-dealkylation sites (tertiary alicyclic amines) is 1. The topological polar surface area (TPSA) is 45.6 Å². The molecule has 0 aliphatic carbocycles. The second-order valence-corrected chi connectivity index (χ2v) is 5.97. The van der Waals surface area contributed by atoms with E-state index in [9.17, 15) is 5.11 Å². The first-order valence-electron chi connectivity index (χ1n) is 8.37. The average Bonchev–Trinajstić information content (AvgIpc) is 2.60. The van der Waals surface area contributed by atoms with Gasteiger partial charge in [0.2, 0.25) is 0 Å². The van der Waals surface area contributed by atoms with Crippen molar-refractivity contribution in [1.82, 2.24) is 9.88 Å². The summed E-state index contributed by atoms with van der Waals surface area (Å²) in [5.74, 6) is 0.838. The summed E-state index contributed by atoms with van der Waals surface area (Å²) >= 11 is 0. The molecule has 1 aliphatic heterocycles. The number of aromatic nitrogens is 1. The standard InChI is InChI=1S/C19H24N2O2/c1-2-23-18-10-5-7-16(19(18)22)14-21-12-4-3-9-17(21)15-8-6-11-20-13-15/h5-8,10-11,13,17,22H,2-4,9,12,14H2,1H3. The molecule has 1 unspecified atom stereocenters. The highest BCUT2D eigenvalue weighted by Crippen LogP contribution is 2.35. The van der Waals surface area contributed by atoms with Gasteiger partial charge in [-0.2, -0.15) is 0 Å². The molecule has 0 radical (unpaired) electrons. The zero-order valence-electron chi connectivity index (χ0n) is 13.6. The molecular formula is C19H24N2O2. The maximum absolute atomic E-state index is 10.4. The van der Waals surface area contributed by atoms with Crippen LogP contribution in [0.3, 0.4) is 0 Å². The van der Waals surface area contributed by atoms with Crippen molar-refractivity contribution in [2.24, 2.45) is 0 Å². The van der Waals surface area contributed by atoms with Gasteiger partial charge in [-0.05, 0) is 44.0 Å². The van der Waals surface area contributed by atoms with E-state index in [4.69, 9.17) is 4.74 Å². The van der Waals surface area contributed by atoms with Crippen molar-refractivity contribution in [3.05, 3.63) is 53.9 Å². The van der Waals surface area contributed by atoms with Crippen molar-refractivity contribution in [3.63, 3.8) is 0 Å². The number of benzene rings is 1. The number of phenols is 1. The highest BCUT2D eigenvalue weighted by Gasteiger charge is 2.25. The van der Waals surface area contributed by atoms with Gasteiger partial charge in [0.1, 0.15) is 0 Å². The van der Waals surface area contributed by atoms with Gasteiger partial charge in [-0.15, -0.1) is 0 Å². The Kier molecular flexibility index (Phi) is 5.13. The van der Waals surface area contributed by atoms with E-state index in [0.29, 0.717) is 18.4 Å². The van der Waals surface area contributed by atoms with Crippen LogP contribution in [0.4, 0.5) is 0 Å². The predicted molar refractivity (Wildman–Crippen MR) is 90.5 cm³/mol. The minimum Gasteiger partial charge on any atom is -0.504 e. The monoisotopic (exact) mass is 312 g/mol. The fraction of sp³-hybridized carbons (Fsp3) is 0.421. The number of aromatic hydroxyl groups is 1. The van der Waals surface area contributed by atoms with E-state index in [0.717, 1.165) is 25.1 Å². The number of para-hydroxylation sites is 1. The van der Waals surface area contributed by atoms with Gasteiger partial charge in [0.15, 0.2) is 11.5 Å². The summed E-state index contributed by atoms with van der Waals surface area (Å²) in [6.07, 6.45) is 7.34. The Bertz CT molecular complexity index is 631. The van der Waals surface area contributed by atoms with Crippen molar-refractivity contribution in [3.8, 4) is 11.5 Å². The molecule has 0 saturated carbocycles. The number of nitrogens with zero attached hydrogens (tertiary/aromatic N) is 2. The van der Waals surface area contributed by atoms with Gasteiger partial charge in [-0.1, -0.05) is 24.6 Å². The van der Waals surface area contributed by atoms with Gasteiger partial charge in [-0.3, -0.25) is 9.88 Å². The molecule has 3 rings (SSSR count). The van der Waals surface area contributed by atoms with E-state index in [-0.39, 0.29) is 5.75 Å². The molecule has 0 spiro atoms. The molecule has 0 bridgehead atoms. The summed E-state index contributed by atoms with van der Waals surface area (Å²) in [6, 6.07) is 10.3. The van der Waals surface area contributed by atoms with Crippen LogP contribution < -0.4 is 4.74 Å². The summed E-state index contributed by atoms with van der Waals surface area (Å²) in [5.41, 5.74) is 2.18. The second-order valence-electron chi connectivity index (χ2n) is 5.97. The fourth-order valence-electron chi connectivity index (χ4n) is 3.32. The number of ether oxygens (including phenoxy) is 1. The molecule has 1 aromatic carbocycles. The SMILES string of the molecule is CCOc1cccc(CN2CCCCC2c2cccnc2)c1O. The van der Waals surface area contributed by atoms with E-state index < -0.39 is 0 Å². The van der Waals surface area contributed by atoms with Crippen molar-refractivity contribution >= 4 is 0 Å². The number of phenolic OH excluding ortho intramolecular Hbond substituents is 1. The number of piperidine rings is 1. The van der Waals surface area contributed by atoms with E-state index in [2.05, 4.69) is 16.0 Å². The molecule has 1 atom stereocenters. The molecule has 1 N–H and O–H groups in total. The van der Waals surface area contributed by atoms with Crippen LogP contribution in [-0.2, 0) is 6.54 Å². The van der Waals surface area contributed by atoms with Gasteiger partial charge in [0, 0.05) is 30.5 Å². The Morgan fingerprint density at radius 2 is 2.17 bits per heavy atom. The maximum atomic E-state index is 10.4. The summed E-state index contributed by atoms with van der Waals surface area (Å²) in [6.45, 7) is 4.25. The lowest BCUT2D eigenvalue weighted by Crippen LogP contribution is -2.33. The number of pyridine rings is 1. The zero-order valence-corrected chi connectivity index (χ0v) is 13.6. The minimum absolute atomic E-state index is 0.268. The highest BCUT2D eigenvalue weighted by atomic mass is 16.5. The number of hydrogen-bond donors (Lipinski definition) is 1. The Morgan fingerprint density at radius 1 is 1.26 bits per heavy atom. The third-order valence-electron chi connectivity index (χ3n) is 4.44. The summed E-state index contributed by atoms with van der Waals surface area (Å²) in [7, 11) is 0. The highest BCUT2D eigenvalue weighted by molar-refractivity contribution is 5.45. The Morgan fingerprint density at radius 3 is 2.96 bits per heavy atom. The quantitative estimate of drug-likeness (QED) is 0.909. The van der Waals surface area contributed by atoms with E-state index in [1.807, 2.05) is 43.6 Å². The average molecular weight is 312 g/mol. The van der Waals surface area contributed by atoms with Gasteiger partial charge < -0.3 is 9.84 Å². The first-order chi connectivity index (χ1) is 11.3. The Balaban J connectivity index is 1.81. The molecule has 1 fully saturated rings. The lowest BCUT2D eigenvalue weighted by Gasteiger charge is -2.36. The fourth-order valence-corrected chi connectivity index (χ4v) is 3.32. The molecule has 4 heteroatoms. The normalized spacial score (nSPS) is 18.7. The van der Waals surface area contributed by atoms with Crippen molar-refractivity contribution in [2.75, 3.05) is 13.2 Å². The lowest BCUT2D eigenvalue weighted by molar-refractivity contribution is 0.138. The molecule has 4 nitrogen and oxygen atoms in total. The van der Waals surface area contributed by atoms with E-state index in [1.54, 1.807) is 0 Å². The predicted octanol–water partition coefficient (Wildman–Crippen LogP) is 3.91. The van der Waals surface area contributed by atoms with Crippen LogP contribution in [0.5, 0.6) is 11.5 Å². The third-order valence-corrected chi connectivity index (χ3v) is 4.44. The Labute approximate surface area is 137 Å². The summed E-state index contributed by atoms with van der Waals surface area (Å²) in [4.78, 5) is 6.70. The molecule has 2 aromatic rings. The van der Waals surface area contributed by atoms with Crippen molar-refractivity contribution in [2.45, 2.75) is 38.8 Å².